The van der Waals surface area contributed by atoms with Crippen LogP contribution in [0.1, 0.15) is 111 Å². The highest BCUT2D eigenvalue weighted by atomic mass is 31.2. The normalized spacial score (nSPS) is 15.4. The lowest BCUT2D eigenvalue weighted by molar-refractivity contribution is -0.894. The lowest BCUT2D eigenvalue weighted by Gasteiger charge is -2.31. The molecule has 36 heavy (non-hydrogen) atoms. The van der Waals surface area contributed by atoms with Crippen LogP contribution in [0.5, 0.6) is 0 Å². The monoisotopic (exact) mass is 538 g/mol. The Bertz CT molecular complexity index is 583. The topological polar surface area (TPSA) is 91.3 Å². The summed E-state index contributed by atoms with van der Waals surface area (Å²) in [6, 6.07) is 0.00628. The summed E-state index contributed by atoms with van der Waals surface area (Å²) in [5.74, 6) is -0.490. The minimum absolute atomic E-state index is 0.00628. The first-order valence-electron chi connectivity index (χ1n) is 14.2. The van der Waals surface area contributed by atoms with Crippen LogP contribution >= 0.6 is 7.82 Å². The van der Waals surface area contributed by atoms with Gasteiger partial charge in [-0.25, -0.2) is 4.57 Å². The van der Waals surface area contributed by atoms with Crippen LogP contribution in [-0.4, -0.2) is 75.1 Å². The molecule has 8 nitrogen and oxygen atoms in total. The lowest BCUT2D eigenvalue weighted by atomic mass is 10.0. The molecular formula is C27H57NO7P+. The molecule has 0 aliphatic carbocycles. The minimum atomic E-state index is -4.25. The molecule has 9 heteroatoms. The van der Waals surface area contributed by atoms with Gasteiger partial charge in [0.2, 0.25) is 0 Å². The number of unbranched alkanes of at least 4 members (excludes halogenated alkanes) is 13. The summed E-state index contributed by atoms with van der Waals surface area (Å²) in [5.41, 5.74) is 0. The van der Waals surface area contributed by atoms with Gasteiger partial charge < -0.3 is 18.9 Å². The van der Waals surface area contributed by atoms with Crippen LogP contribution in [-0.2, 0) is 27.9 Å². The molecule has 1 N–H and O–H groups in total. The molecule has 0 aliphatic rings. The van der Waals surface area contributed by atoms with E-state index in [1.807, 2.05) is 28.1 Å². The molecule has 0 amide bonds. The third-order valence-electron chi connectivity index (χ3n) is 6.50. The van der Waals surface area contributed by atoms with E-state index in [0.29, 0.717) is 11.1 Å². The first-order chi connectivity index (χ1) is 17.0. The molecule has 3 unspecified atom stereocenters. The minimum Gasteiger partial charge on any atom is -0.458 e. The third kappa shape index (κ3) is 22.7. The van der Waals surface area contributed by atoms with E-state index >= 15 is 0 Å². The fraction of sp³-hybridized carbons (Fsp3) is 0.963. The maximum atomic E-state index is 12.2. The number of esters is 1. The maximum absolute atomic E-state index is 12.2. The van der Waals surface area contributed by atoms with E-state index in [1.54, 1.807) is 0 Å². The van der Waals surface area contributed by atoms with Gasteiger partial charge >= 0.3 is 13.8 Å². The zero-order chi connectivity index (χ0) is 27.3. The van der Waals surface area contributed by atoms with Gasteiger partial charge in [0, 0.05) is 13.5 Å². The quantitative estimate of drug-likeness (QED) is 0.0602. The third-order valence-corrected chi connectivity index (χ3v) is 7.45. The second-order valence-corrected chi connectivity index (χ2v) is 12.4. The number of carbonyl (C=O) groups is 1. The molecule has 0 radical (unpaired) electrons. The molecule has 0 aromatic carbocycles. The highest BCUT2D eigenvalue weighted by Gasteiger charge is 2.28. The van der Waals surface area contributed by atoms with Crippen molar-refractivity contribution in [1.29, 1.82) is 0 Å². The molecule has 0 saturated carbocycles. The van der Waals surface area contributed by atoms with E-state index in [4.69, 9.17) is 18.5 Å². The van der Waals surface area contributed by atoms with Gasteiger partial charge in [0.25, 0.3) is 0 Å². The summed E-state index contributed by atoms with van der Waals surface area (Å²) >= 11 is 0. The number of phosphoric ester groups is 1. The van der Waals surface area contributed by atoms with Crippen molar-refractivity contribution in [3.63, 3.8) is 0 Å². The Morgan fingerprint density at radius 2 is 1.22 bits per heavy atom. The molecule has 0 saturated heterocycles. The predicted molar refractivity (Wildman–Crippen MR) is 146 cm³/mol. The largest absolute Gasteiger partial charge is 0.472 e. The summed E-state index contributed by atoms with van der Waals surface area (Å²) in [6.07, 6.45) is 17.4. The van der Waals surface area contributed by atoms with Crippen LogP contribution in [0.25, 0.3) is 0 Å². The van der Waals surface area contributed by atoms with Crippen LogP contribution in [0.2, 0.25) is 0 Å². The highest BCUT2D eigenvalue weighted by molar-refractivity contribution is 7.47. The molecule has 3 atom stereocenters. The van der Waals surface area contributed by atoms with Gasteiger partial charge in [0.15, 0.2) is 0 Å². The summed E-state index contributed by atoms with van der Waals surface area (Å²) in [5, 5.41) is 0. The summed E-state index contributed by atoms with van der Waals surface area (Å²) in [6.45, 7) is 5.97. The summed E-state index contributed by atoms with van der Waals surface area (Å²) in [7, 11) is 1.68. The zero-order valence-electron chi connectivity index (χ0n) is 24.2. The van der Waals surface area contributed by atoms with E-state index in [2.05, 4.69) is 6.92 Å². The second kappa shape index (κ2) is 21.4. The number of phosphoric acid groups is 1. The molecule has 0 aliphatic heterocycles. The number of hydrogen-bond donors (Lipinski definition) is 1. The number of hydrogen-bond acceptors (Lipinski definition) is 6. The van der Waals surface area contributed by atoms with Gasteiger partial charge in [-0.05, 0) is 13.3 Å². The molecule has 0 aromatic rings. The molecule has 0 aromatic heterocycles. The Hall–Kier alpha value is -0.500. The first kappa shape index (κ1) is 35.5. The molecule has 0 rings (SSSR count). The van der Waals surface area contributed by atoms with Gasteiger partial charge in [-0.2, -0.15) is 0 Å². The fourth-order valence-corrected chi connectivity index (χ4v) is 4.44. The molecule has 0 fully saturated rings. The van der Waals surface area contributed by atoms with Gasteiger partial charge in [-0.1, -0.05) is 90.4 Å². The molecular weight excluding hydrogens is 481 g/mol. The number of nitrogens with zero attached hydrogens (tertiary/aromatic N) is 1. The Labute approximate surface area is 221 Å². The molecule has 0 spiro atoms. The zero-order valence-corrected chi connectivity index (χ0v) is 25.1. The van der Waals surface area contributed by atoms with Crippen molar-refractivity contribution in [2.45, 2.75) is 123 Å². The maximum Gasteiger partial charge on any atom is 0.472 e. The number of carbonyl (C=O) groups excluding carboxylic acids is 1. The van der Waals surface area contributed by atoms with Crippen LogP contribution < -0.4 is 0 Å². The van der Waals surface area contributed by atoms with Gasteiger partial charge in [0.1, 0.15) is 18.8 Å². The Morgan fingerprint density at radius 3 is 1.67 bits per heavy atom. The average Bonchev–Trinajstić information content (AvgIpc) is 2.79. The van der Waals surface area contributed by atoms with Crippen molar-refractivity contribution >= 4 is 13.8 Å². The van der Waals surface area contributed by atoms with Crippen molar-refractivity contribution in [1.82, 2.24) is 0 Å². The van der Waals surface area contributed by atoms with Crippen LogP contribution in [0.4, 0.5) is 0 Å². The van der Waals surface area contributed by atoms with Crippen molar-refractivity contribution in [2.75, 3.05) is 47.6 Å². The van der Waals surface area contributed by atoms with E-state index < -0.39 is 19.9 Å². The Kier molecular flexibility index (Phi) is 21.1. The smallest absolute Gasteiger partial charge is 0.458 e. The van der Waals surface area contributed by atoms with Crippen LogP contribution in [0.3, 0.4) is 0 Å². The van der Waals surface area contributed by atoms with Crippen molar-refractivity contribution < 1.29 is 37.3 Å². The summed E-state index contributed by atoms with van der Waals surface area (Å²) < 4.78 is 33.7. The molecule has 0 bridgehead atoms. The van der Waals surface area contributed by atoms with Crippen molar-refractivity contribution in [3.8, 4) is 0 Å². The van der Waals surface area contributed by atoms with Crippen molar-refractivity contribution in [2.24, 2.45) is 0 Å². The number of quaternary nitrogens is 1. The Balaban J connectivity index is 3.86. The van der Waals surface area contributed by atoms with E-state index in [9.17, 15) is 14.3 Å². The molecule has 0 heterocycles. The van der Waals surface area contributed by atoms with E-state index in [0.717, 1.165) is 12.8 Å². The highest BCUT2D eigenvalue weighted by Crippen LogP contribution is 2.43. The van der Waals surface area contributed by atoms with Crippen LogP contribution in [0.15, 0.2) is 0 Å². The average molecular weight is 539 g/mol. The SMILES string of the molecule is CCCCCCCCCCCCCCCCOCC(COP(=O)(O)OCC(C)[N+](C)(C)C)OC(C)=O. The van der Waals surface area contributed by atoms with Gasteiger partial charge in [-0.15, -0.1) is 0 Å². The van der Waals surface area contributed by atoms with Gasteiger partial charge in [-0.3, -0.25) is 13.8 Å². The predicted octanol–water partition coefficient (Wildman–Crippen LogP) is 6.64. The molecule has 216 valence electrons. The summed E-state index contributed by atoms with van der Waals surface area (Å²) in [4.78, 5) is 21.3. The number of likely N-dealkylation sites (N-methyl/N-ethyl adjacent to an activating group) is 1. The van der Waals surface area contributed by atoms with E-state index in [1.165, 1.54) is 84.0 Å². The Morgan fingerprint density at radius 1 is 0.778 bits per heavy atom. The number of rotatable bonds is 25. The fourth-order valence-electron chi connectivity index (χ4n) is 3.60. The van der Waals surface area contributed by atoms with Crippen LogP contribution in [0, 0.1) is 0 Å². The van der Waals surface area contributed by atoms with Crippen molar-refractivity contribution in [3.05, 3.63) is 0 Å². The second-order valence-electron chi connectivity index (χ2n) is 10.9. The van der Waals surface area contributed by atoms with E-state index in [-0.39, 0.29) is 25.9 Å². The lowest BCUT2D eigenvalue weighted by Crippen LogP contribution is -2.45. The van der Waals surface area contributed by atoms with Gasteiger partial charge in [0.05, 0.1) is 34.4 Å². The first-order valence-corrected chi connectivity index (χ1v) is 15.7. The number of ether oxygens (including phenoxy) is 2. The standard InChI is InChI=1S/C27H56NO7P/c1-7-8-9-10-11-12-13-14-15-16-17-18-19-20-21-32-23-27(35-26(3)29)24-34-36(30,31)33-22-25(2)28(4,5)6/h25,27H,7-24H2,1-6H3/p+1.